The Bertz CT molecular complexity index is 971. The maximum absolute atomic E-state index is 6.14. The molecule has 1 aromatic heterocycles. The van der Waals surface area contributed by atoms with E-state index in [1.165, 1.54) is 16.3 Å². The number of ether oxygens (including phenoxy) is 1. The van der Waals surface area contributed by atoms with Gasteiger partial charge in [0.25, 0.3) is 0 Å². The first kappa shape index (κ1) is 19.2. The summed E-state index contributed by atoms with van der Waals surface area (Å²) in [5.74, 6) is 0.922. The Balaban J connectivity index is 1.69. The van der Waals surface area contributed by atoms with Crippen molar-refractivity contribution in [3.8, 4) is 0 Å². The fraction of sp³-hybridized carbons (Fsp3) is 0.0769. The van der Waals surface area contributed by atoms with Crippen molar-refractivity contribution < 1.29 is 4.74 Å². The van der Waals surface area contributed by atoms with Crippen molar-refractivity contribution in [2.45, 2.75) is 13.5 Å². The summed E-state index contributed by atoms with van der Waals surface area (Å²) in [5.41, 5.74) is 3.39. The molecule has 1 heterocycles. The maximum Gasteiger partial charge on any atom is 0.117 e. The molecule has 3 aromatic rings. The van der Waals surface area contributed by atoms with Crippen LogP contribution in [0.15, 0.2) is 121 Å². The van der Waals surface area contributed by atoms with Gasteiger partial charge in [-0.2, -0.15) is 0 Å². The summed E-state index contributed by atoms with van der Waals surface area (Å²) < 4.78 is 6.14. The Morgan fingerprint density at radius 2 is 1.52 bits per heavy atom. The molecule has 2 nitrogen and oxygen atoms in total. The SMILES string of the molecule is C/C(OCc1ccccn1)=C1/C=CC=C[C-]1P(c1ccccc1)c1ccccc1. The van der Waals surface area contributed by atoms with Gasteiger partial charge in [-0.15, -0.1) is 29.9 Å². The second kappa shape index (κ2) is 9.41. The first-order valence-corrected chi connectivity index (χ1v) is 11.0. The quantitative estimate of drug-likeness (QED) is 0.305. The van der Waals surface area contributed by atoms with Crippen molar-refractivity contribution in [1.82, 2.24) is 4.98 Å². The molecule has 0 radical (unpaired) electrons. The molecule has 1 aliphatic carbocycles. The molecule has 4 rings (SSSR count). The Kier molecular flexibility index (Phi) is 6.24. The average Bonchev–Trinajstić information content (AvgIpc) is 2.80. The van der Waals surface area contributed by atoms with E-state index in [2.05, 4.69) is 90.0 Å². The van der Waals surface area contributed by atoms with Crippen LogP contribution in [0.25, 0.3) is 0 Å². The van der Waals surface area contributed by atoms with E-state index in [0.717, 1.165) is 17.0 Å². The first-order chi connectivity index (χ1) is 14.3. The highest BCUT2D eigenvalue weighted by atomic mass is 31.1. The van der Waals surface area contributed by atoms with E-state index in [1.54, 1.807) is 6.20 Å². The third-order valence-electron chi connectivity index (χ3n) is 4.72. The van der Waals surface area contributed by atoms with Gasteiger partial charge in [0.2, 0.25) is 0 Å². The summed E-state index contributed by atoms with van der Waals surface area (Å²) in [6, 6.07) is 27.4. The van der Waals surface area contributed by atoms with Crippen LogP contribution < -0.4 is 10.6 Å². The van der Waals surface area contributed by atoms with Gasteiger partial charge < -0.3 is 4.74 Å². The number of allylic oxidation sites excluding steroid dienone is 6. The van der Waals surface area contributed by atoms with Gasteiger partial charge in [0.1, 0.15) is 6.61 Å². The minimum atomic E-state index is -0.681. The third kappa shape index (κ3) is 4.67. The molecule has 0 atom stereocenters. The zero-order valence-corrected chi connectivity index (χ0v) is 17.3. The molecule has 0 bridgehead atoms. The van der Waals surface area contributed by atoms with Crippen LogP contribution in [0.4, 0.5) is 0 Å². The molecule has 0 spiro atoms. The summed E-state index contributed by atoms with van der Waals surface area (Å²) in [6.45, 7) is 2.51. The molecule has 29 heavy (non-hydrogen) atoms. The molecule has 3 heteroatoms. The molecule has 0 N–H and O–H groups in total. The van der Waals surface area contributed by atoms with Crippen molar-refractivity contribution in [3.63, 3.8) is 0 Å². The minimum Gasteiger partial charge on any atom is -0.534 e. The summed E-state index contributed by atoms with van der Waals surface area (Å²) in [6.07, 6.45) is 10.4. The lowest BCUT2D eigenvalue weighted by atomic mass is 10.1. The molecule has 0 unspecified atom stereocenters. The average molecular weight is 396 g/mol. The van der Waals surface area contributed by atoms with Crippen LogP contribution in [0.2, 0.25) is 0 Å². The van der Waals surface area contributed by atoms with E-state index >= 15 is 0 Å². The van der Waals surface area contributed by atoms with Gasteiger partial charge in [-0.1, -0.05) is 80.3 Å². The highest BCUT2D eigenvalue weighted by molar-refractivity contribution is 7.76. The lowest BCUT2D eigenvalue weighted by Gasteiger charge is -2.36. The van der Waals surface area contributed by atoms with Crippen LogP contribution in [-0.4, -0.2) is 4.98 Å². The van der Waals surface area contributed by atoms with Crippen LogP contribution in [-0.2, 0) is 11.3 Å². The monoisotopic (exact) mass is 396 g/mol. The van der Waals surface area contributed by atoms with Gasteiger partial charge in [-0.3, -0.25) is 4.98 Å². The van der Waals surface area contributed by atoms with Crippen LogP contribution in [0.5, 0.6) is 0 Å². The number of nitrogens with zero attached hydrogens (tertiary/aromatic N) is 1. The van der Waals surface area contributed by atoms with Crippen LogP contribution in [0.3, 0.4) is 0 Å². The molecule has 0 amide bonds. The zero-order chi connectivity index (χ0) is 19.9. The second-order valence-corrected chi connectivity index (χ2v) is 8.88. The molecule has 2 aromatic carbocycles. The number of aromatic nitrogens is 1. The largest absolute Gasteiger partial charge is 0.534 e. The van der Waals surface area contributed by atoms with Gasteiger partial charge in [-0.25, -0.2) is 0 Å². The fourth-order valence-electron chi connectivity index (χ4n) is 3.29. The normalized spacial score (nSPS) is 14.9. The standard InChI is InChI=1S/C26H23NOP/c1-21(28-20-22-12-10-11-19-27-22)25-17-8-9-18-26(25)29(23-13-4-2-5-14-23)24-15-6-3-7-16-24/h2-19H,20H2,1H3/q-1/b25-21+. The van der Waals surface area contributed by atoms with Gasteiger partial charge in [0.05, 0.1) is 5.69 Å². The predicted octanol–water partition coefficient (Wildman–Crippen LogP) is 5.66. The van der Waals surface area contributed by atoms with Gasteiger partial charge >= 0.3 is 0 Å². The summed E-state index contributed by atoms with van der Waals surface area (Å²) in [4.78, 5) is 4.36. The smallest absolute Gasteiger partial charge is 0.117 e. The number of pyridine rings is 1. The molecule has 0 saturated heterocycles. The molecule has 144 valence electrons. The molecular formula is C26H23NOP-. The first-order valence-electron chi connectivity index (χ1n) is 9.69. The molecule has 1 aliphatic rings. The van der Waals surface area contributed by atoms with Gasteiger partial charge in [0, 0.05) is 12.0 Å². The second-order valence-electron chi connectivity index (χ2n) is 6.69. The van der Waals surface area contributed by atoms with Crippen molar-refractivity contribution in [2.24, 2.45) is 0 Å². The van der Waals surface area contributed by atoms with Crippen molar-refractivity contribution in [1.29, 1.82) is 0 Å². The van der Waals surface area contributed by atoms with E-state index in [4.69, 9.17) is 4.74 Å². The lowest BCUT2D eigenvalue weighted by molar-refractivity contribution is 0.195. The van der Waals surface area contributed by atoms with E-state index in [-0.39, 0.29) is 0 Å². The van der Waals surface area contributed by atoms with Gasteiger partial charge in [-0.05, 0) is 29.7 Å². The summed E-state index contributed by atoms with van der Waals surface area (Å²) in [5, 5.41) is 2.66. The molecular weight excluding hydrogens is 373 g/mol. The molecule has 0 fully saturated rings. The maximum atomic E-state index is 6.14. The topological polar surface area (TPSA) is 22.1 Å². The fourth-order valence-corrected chi connectivity index (χ4v) is 5.79. The summed E-state index contributed by atoms with van der Waals surface area (Å²) in [7, 11) is -0.681. The van der Waals surface area contributed by atoms with Crippen LogP contribution in [0, 0.1) is 5.66 Å². The highest BCUT2D eigenvalue weighted by Gasteiger charge is 2.21. The number of hydrogen-bond acceptors (Lipinski definition) is 2. The van der Waals surface area contributed by atoms with E-state index in [1.807, 2.05) is 25.1 Å². The third-order valence-corrected chi connectivity index (χ3v) is 7.22. The Hall–Kier alpha value is -3.09. The van der Waals surface area contributed by atoms with Crippen molar-refractivity contribution in [2.75, 3.05) is 0 Å². The zero-order valence-electron chi connectivity index (χ0n) is 16.4. The lowest BCUT2D eigenvalue weighted by Crippen LogP contribution is -2.18. The highest BCUT2D eigenvalue weighted by Crippen LogP contribution is 2.51. The Morgan fingerprint density at radius 1 is 0.862 bits per heavy atom. The number of rotatable bonds is 6. The minimum absolute atomic E-state index is 0.468. The van der Waals surface area contributed by atoms with Gasteiger partial charge in [0.15, 0.2) is 0 Å². The number of hydrogen-bond donors (Lipinski definition) is 0. The Morgan fingerprint density at radius 3 is 2.14 bits per heavy atom. The van der Waals surface area contributed by atoms with Crippen LogP contribution >= 0.6 is 7.92 Å². The molecule has 0 aliphatic heterocycles. The van der Waals surface area contributed by atoms with Crippen LogP contribution in [0.1, 0.15) is 12.6 Å². The van der Waals surface area contributed by atoms with E-state index < -0.39 is 7.92 Å². The van der Waals surface area contributed by atoms with E-state index in [9.17, 15) is 0 Å². The van der Waals surface area contributed by atoms with Crippen molar-refractivity contribution >= 4 is 18.5 Å². The summed E-state index contributed by atoms with van der Waals surface area (Å²) >= 11 is 0. The molecule has 0 saturated carbocycles. The Labute approximate surface area is 174 Å². The van der Waals surface area contributed by atoms with E-state index in [0.29, 0.717) is 6.61 Å². The predicted molar refractivity (Wildman–Crippen MR) is 122 cm³/mol. The van der Waals surface area contributed by atoms with Crippen molar-refractivity contribution in [3.05, 3.63) is 132 Å². The number of benzene rings is 2.